The van der Waals surface area contributed by atoms with Crippen molar-refractivity contribution in [3.8, 4) is 0 Å². The van der Waals surface area contributed by atoms with Gasteiger partial charge in [-0.1, -0.05) is 13.8 Å². The van der Waals surface area contributed by atoms with Gasteiger partial charge in [0.05, 0.1) is 26.7 Å². The molecule has 0 rings (SSSR count). The minimum Gasteiger partial charge on any atom is -0.327 e. The van der Waals surface area contributed by atoms with Gasteiger partial charge < -0.3 is 4.48 Å². The van der Waals surface area contributed by atoms with E-state index < -0.39 is 0 Å². The molecule has 0 aliphatic heterocycles. The Morgan fingerprint density at radius 3 is 1.92 bits per heavy atom. The average Bonchev–Trinajstić information content (AvgIpc) is 2.03. The van der Waals surface area contributed by atoms with Crippen molar-refractivity contribution in [3.63, 3.8) is 0 Å². The summed E-state index contributed by atoms with van der Waals surface area (Å²) in [4.78, 5) is 0. The molecule has 0 saturated heterocycles. The predicted molar refractivity (Wildman–Crippen MR) is 56.2 cm³/mol. The maximum absolute atomic E-state index is 2.36. The van der Waals surface area contributed by atoms with Crippen LogP contribution in [-0.4, -0.2) is 31.2 Å². The van der Waals surface area contributed by atoms with E-state index in [0.29, 0.717) is 0 Å². The van der Waals surface area contributed by atoms with Gasteiger partial charge in [-0.05, 0) is 32.6 Å². The van der Waals surface area contributed by atoms with E-state index in [2.05, 4.69) is 34.7 Å². The Bertz CT molecular complexity index is 104. The third-order valence-corrected chi connectivity index (χ3v) is 3.01. The van der Waals surface area contributed by atoms with Crippen LogP contribution in [0.25, 0.3) is 0 Å². The van der Waals surface area contributed by atoms with Crippen LogP contribution in [0.2, 0.25) is 0 Å². The molecule has 0 saturated carbocycles. The molecule has 0 spiro atoms. The molecule has 0 N–H and O–H groups in total. The lowest BCUT2D eigenvalue weighted by atomic mass is 10.1. The highest BCUT2D eigenvalue weighted by molar-refractivity contribution is 4.45. The first-order valence-electron chi connectivity index (χ1n) is 5.37. The summed E-state index contributed by atoms with van der Waals surface area (Å²) < 4.78 is 1.24. The highest BCUT2D eigenvalue weighted by Gasteiger charge is 2.15. The van der Waals surface area contributed by atoms with Crippen molar-refractivity contribution in [2.75, 3.05) is 26.7 Å². The van der Waals surface area contributed by atoms with E-state index in [0.717, 1.165) is 5.92 Å². The zero-order valence-electron chi connectivity index (χ0n) is 9.56. The molecule has 1 heteroatoms. The first-order chi connectivity index (χ1) is 5.54. The topological polar surface area (TPSA) is 0 Å². The molecule has 12 heavy (non-hydrogen) atoms. The van der Waals surface area contributed by atoms with Crippen LogP contribution in [0.4, 0.5) is 0 Å². The number of hydrogen-bond acceptors (Lipinski definition) is 0. The molecule has 0 fully saturated rings. The molecule has 0 radical (unpaired) electrons. The Hall–Kier alpha value is -0.0400. The molecule has 0 unspecified atom stereocenters. The second-order valence-corrected chi connectivity index (χ2v) is 4.51. The van der Waals surface area contributed by atoms with Crippen molar-refractivity contribution < 1.29 is 4.48 Å². The van der Waals surface area contributed by atoms with Gasteiger partial charge in [-0.25, -0.2) is 0 Å². The number of rotatable bonds is 6. The molecule has 1 nitrogen and oxygen atoms in total. The van der Waals surface area contributed by atoms with Crippen LogP contribution in [-0.2, 0) is 0 Å². The van der Waals surface area contributed by atoms with Gasteiger partial charge >= 0.3 is 0 Å². The van der Waals surface area contributed by atoms with Gasteiger partial charge in [0, 0.05) is 0 Å². The van der Waals surface area contributed by atoms with Crippen LogP contribution < -0.4 is 0 Å². The van der Waals surface area contributed by atoms with E-state index in [9.17, 15) is 0 Å². The Labute approximate surface area is 78.4 Å². The van der Waals surface area contributed by atoms with E-state index in [1.807, 2.05) is 0 Å². The van der Waals surface area contributed by atoms with Crippen molar-refractivity contribution >= 4 is 0 Å². The zero-order chi connectivity index (χ0) is 9.61. The minimum absolute atomic E-state index is 0.868. The lowest BCUT2D eigenvalue weighted by molar-refractivity contribution is -0.906. The van der Waals surface area contributed by atoms with Crippen LogP contribution in [0.3, 0.4) is 0 Å². The summed E-state index contributed by atoms with van der Waals surface area (Å²) in [6, 6.07) is 0. The third-order valence-electron chi connectivity index (χ3n) is 3.01. The molecule has 0 heterocycles. The molecule has 0 aromatic rings. The van der Waals surface area contributed by atoms with Gasteiger partial charge in [-0.3, -0.25) is 0 Å². The largest absolute Gasteiger partial charge is 0.327 e. The summed E-state index contributed by atoms with van der Waals surface area (Å²) in [5, 5.41) is 0. The van der Waals surface area contributed by atoms with Gasteiger partial charge in [0.25, 0.3) is 0 Å². The number of hydrogen-bond donors (Lipinski definition) is 0. The molecule has 0 aliphatic carbocycles. The minimum atomic E-state index is 0.868. The summed E-state index contributed by atoms with van der Waals surface area (Å²) in [6.07, 6.45) is 2.77. The first-order valence-corrected chi connectivity index (χ1v) is 5.37. The standard InChI is InChI=1S/C11H26N/c1-6-12(5,7-2)10-8-9-11(3)4/h11H,6-10H2,1-5H3/q+1. The molecule has 0 atom stereocenters. The van der Waals surface area contributed by atoms with Crippen molar-refractivity contribution in [2.45, 2.75) is 40.5 Å². The van der Waals surface area contributed by atoms with Crippen LogP contribution in [0.15, 0.2) is 0 Å². The maximum Gasteiger partial charge on any atom is 0.0784 e. The quantitative estimate of drug-likeness (QED) is 0.540. The van der Waals surface area contributed by atoms with Crippen LogP contribution in [0, 0.1) is 5.92 Å². The SMILES string of the molecule is CC[N+](C)(CC)CCCC(C)C. The van der Waals surface area contributed by atoms with E-state index in [1.54, 1.807) is 0 Å². The Morgan fingerprint density at radius 2 is 1.58 bits per heavy atom. The third kappa shape index (κ3) is 4.76. The molecule has 0 amide bonds. The number of nitrogens with zero attached hydrogens (tertiary/aromatic N) is 1. The Kier molecular flexibility index (Phi) is 5.56. The second-order valence-electron chi connectivity index (χ2n) is 4.51. The van der Waals surface area contributed by atoms with Crippen LogP contribution >= 0.6 is 0 Å². The fourth-order valence-corrected chi connectivity index (χ4v) is 1.42. The van der Waals surface area contributed by atoms with Gasteiger partial charge in [0.2, 0.25) is 0 Å². The smallest absolute Gasteiger partial charge is 0.0784 e. The average molecular weight is 172 g/mol. The highest BCUT2D eigenvalue weighted by atomic mass is 15.3. The lowest BCUT2D eigenvalue weighted by Gasteiger charge is -2.32. The monoisotopic (exact) mass is 172 g/mol. The van der Waals surface area contributed by atoms with E-state index >= 15 is 0 Å². The molecule has 0 aromatic heterocycles. The summed E-state index contributed by atoms with van der Waals surface area (Å²) in [6.45, 7) is 13.1. The van der Waals surface area contributed by atoms with Crippen LogP contribution in [0.5, 0.6) is 0 Å². The second kappa shape index (κ2) is 5.58. The van der Waals surface area contributed by atoms with Gasteiger partial charge in [0.1, 0.15) is 0 Å². The lowest BCUT2D eigenvalue weighted by Crippen LogP contribution is -2.44. The van der Waals surface area contributed by atoms with Crippen molar-refractivity contribution in [1.29, 1.82) is 0 Å². The fourth-order valence-electron chi connectivity index (χ4n) is 1.42. The normalized spacial score (nSPS) is 12.5. The Balaban J connectivity index is 3.58. The van der Waals surface area contributed by atoms with Crippen LogP contribution in [0.1, 0.15) is 40.5 Å². The van der Waals surface area contributed by atoms with Crippen molar-refractivity contribution in [2.24, 2.45) is 5.92 Å². The fraction of sp³-hybridized carbons (Fsp3) is 1.00. The molecule has 74 valence electrons. The molecular weight excluding hydrogens is 146 g/mol. The van der Waals surface area contributed by atoms with Gasteiger partial charge in [0.15, 0.2) is 0 Å². The highest BCUT2D eigenvalue weighted by Crippen LogP contribution is 2.09. The van der Waals surface area contributed by atoms with Crippen molar-refractivity contribution in [1.82, 2.24) is 0 Å². The molecular formula is C11H26N+. The Morgan fingerprint density at radius 1 is 1.08 bits per heavy atom. The summed E-state index contributed by atoms with van der Waals surface area (Å²) >= 11 is 0. The molecule has 0 aliphatic rings. The summed E-state index contributed by atoms with van der Waals surface area (Å²) in [7, 11) is 2.36. The molecule has 0 aromatic carbocycles. The van der Waals surface area contributed by atoms with Gasteiger partial charge in [-0.15, -0.1) is 0 Å². The van der Waals surface area contributed by atoms with E-state index in [1.165, 1.54) is 37.0 Å². The zero-order valence-corrected chi connectivity index (χ0v) is 9.56. The first kappa shape index (κ1) is 12.0. The number of quaternary nitrogens is 1. The van der Waals surface area contributed by atoms with Crippen molar-refractivity contribution in [3.05, 3.63) is 0 Å². The van der Waals surface area contributed by atoms with E-state index in [4.69, 9.17) is 0 Å². The van der Waals surface area contributed by atoms with E-state index in [-0.39, 0.29) is 0 Å². The molecule has 0 bridgehead atoms. The summed E-state index contributed by atoms with van der Waals surface area (Å²) in [5.41, 5.74) is 0. The maximum atomic E-state index is 2.36. The summed E-state index contributed by atoms with van der Waals surface area (Å²) in [5.74, 6) is 0.868. The predicted octanol–water partition coefficient (Wildman–Crippen LogP) is 2.91. The van der Waals surface area contributed by atoms with Gasteiger partial charge in [-0.2, -0.15) is 0 Å².